The van der Waals surface area contributed by atoms with Crippen molar-refractivity contribution in [3.63, 3.8) is 0 Å². The predicted octanol–water partition coefficient (Wildman–Crippen LogP) is 2.94. The van der Waals surface area contributed by atoms with Crippen molar-refractivity contribution in [1.82, 2.24) is 0 Å². The molecule has 0 spiro atoms. The molecule has 1 fully saturated rings. The van der Waals surface area contributed by atoms with Crippen molar-refractivity contribution in [3.8, 4) is 143 Å². The second-order valence-corrected chi connectivity index (χ2v) is 19.7. The highest BCUT2D eigenvalue weighted by Crippen LogP contribution is 2.59. The molecule has 456 valence electrons. The van der Waals surface area contributed by atoms with Crippen LogP contribution in [0.4, 0.5) is 0 Å². The third kappa shape index (κ3) is 7.96. The SMILES string of the molecule is O=C(OC1O[C@@H]2COC(=O)c3cc(O)c(O)c(O)c3-c3c(O)c(O)c4oc(=O)c5c(c(O)c(O)c6oc(=O)c3c4c65)-c3c(cc(O)c(O)c3O)C(=O)O[C@H]2[C@H]2OC(=O)c3cc(O)c(O)c(O)c3-c3c(cc(O)c(O)c3O)C(=O)O[C@H]12)c1cc(O)c(O)c(O)c1. The number of benzene rings is 7. The highest BCUT2D eigenvalue weighted by atomic mass is 16.7. The molecule has 7 aromatic carbocycles. The first-order chi connectivity index (χ1) is 41.9. The van der Waals surface area contributed by atoms with Gasteiger partial charge in [-0.15, -0.1) is 0 Å². The predicted molar refractivity (Wildman–Crippen MR) is 280 cm³/mol. The number of fused-ring (bicyclic) bond motifs is 10. The van der Waals surface area contributed by atoms with Crippen LogP contribution in [0.2, 0.25) is 0 Å². The van der Waals surface area contributed by atoms with Crippen LogP contribution in [0.5, 0.6) is 109 Å². The fraction of sp³-hybridized carbons (Fsp3) is 0.109. The Morgan fingerprint density at radius 2 is 0.685 bits per heavy atom. The summed E-state index contributed by atoms with van der Waals surface area (Å²) in [6.07, 6.45) is -13.9. The van der Waals surface area contributed by atoms with Gasteiger partial charge in [-0.3, -0.25) is 0 Å². The zero-order valence-electron chi connectivity index (χ0n) is 43.2. The lowest BCUT2D eigenvalue weighted by Gasteiger charge is -2.44. The number of ether oxygens (including phenoxy) is 6. The first-order valence-corrected chi connectivity index (χ1v) is 24.7. The van der Waals surface area contributed by atoms with Crippen LogP contribution in [0.3, 0.4) is 0 Å². The Kier molecular flexibility index (Phi) is 12.2. The van der Waals surface area contributed by atoms with Crippen LogP contribution in [0, 0.1) is 0 Å². The van der Waals surface area contributed by atoms with Crippen molar-refractivity contribution in [2.75, 3.05) is 6.61 Å². The average Bonchev–Trinajstić information content (AvgIpc) is 0.840. The molecule has 6 bridgehead atoms. The number of phenolic OH excluding ortho intramolecular Hbond substituents is 19. The maximum absolute atomic E-state index is 15.3. The van der Waals surface area contributed by atoms with E-state index in [0.29, 0.717) is 30.3 Å². The molecule has 3 aliphatic heterocycles. The third-order valence-corrected chi connectivity index (χ3v) is 14.7. The molecular weight excluding hydrogens is 1200 g/mol. The van der Waals surface area contributed by atoms with E-state index >= 15 is 4.79 Å². The van der Waals surface area contributed by atoms with E-state index in [9.17, 15) is 126 Å². The van der Waals surface area contributed by atoms with Crippen LogP contribution in [0.1, 0.15) is 51.8 Å². The van der Waals surface area contributed by atoms with Gasteiger partial charge in [0.15, 0.2) is 98.1 Å². The molecule has 1 saturated heterocycles. The maximum Gasteiger partial charge on any atom is 0.345 e. The van der Waals surface area contributed by atoms with E-state index < -0.39 is 282 Å². The summed E-state index contributed by atoms with van der Waals surface area (Å²) in [6.45, 7) is -1.63. The lowest BCUT2D eigenvalue weighted by molar-refractivity contribution is -0.282. The molecule has 34 heteroatoms. The van der Waals surface area contributed by atoms with E-state index in [0.717, 1.165) is 0 Å². The van der Waals surface area contributed by atoms with E-state index in [1.54, 1.807) is 0 Å². The van der Waals surface area contributed by atoms with Crippen LogP contribution in [-0.4, -0.2) is 164 Å². The second kappa shape index (κ2) is 19.3. The van der Waals surface area contributed by atoms with Crippen LogP contribution in [0.25, 0.3) is 66.1 Å². The Morgan fingerprint density at radius 3 is 1.08 bits per heavy atom. The number of esters is 5. The van der Waals surface area contributed by atoms with Gasteiger partial charge in [-0.1, -0.05) is 0 Å². The highest BCUT2D eigenvalue weighted by Gasteiger charge is 2.56. The van der Waals surface area contributed by atoms with Gasteiger partial charge in [-0.2, -0.15) is 0 Å². The zero-order chi connectivity index (χ0) is 64.3. The van der Waals surface area contributed by atoms with Crippen LogP contribution in [0.15, 0.2) is 54.8 Å². The Bertz CT molecular complexity index is 4880. The maximum atomic E-state index is 15.3. The van der Waals surface area contributed by atoms with Crippen molar-refractivity contribution >= 4 is 62.6 Å². The van der Waals surface area contributed by atoms with Gasteiger partial charge < -0.3 is 134 Å². The van der Waals surface area contributed by atoms with Gasteiger partial charge >= 0.3 is 41.1 Å². The van der Waals surface area contributed by atoms with E-state index in [4.69, 9.17) is 37.3 Å². The lowest BCUT2D eigenvalue weighted by atomic mass is 9.87. The van der Waals surface area contributed by atoms with Gasteiger partial charge in [0.05, 0.1) is 38.6 Å². The Morgan fingerprint density at radius 1 is 0.360 bits per heavy atom. The van der Waals surface area contributed by atoms with Gasteiger partial charge in [0, 0.05) is 44.2 Å². The van der Waals surface area contributed by atoms with Crippen LogP contribution < -0.4 is 11.3 Å². The Hall–Kier alpha value is -13.0. The topological polar surface area (TPSA) is 586 Å². The Labute approximate surface area is 484 Å². The Balaban J connectivity index is 1.17. The molecule has 3 aliphatic rings. The fourth-order valence-electron chi connectivity index (χ4n) is 10.7. The monoisotopic (exact) mass is 1240 g/mol. The van der Waals surface area contributed by atoms with E-state index in [2.05, 4.69) is 0 Å². The number of phenols is 19. The van der Waals surface area contributed by atoms with Gasteiger partial charge in [0.25, 0.3) is 0 Å². The first kappa shape index (κ1) is 56.5. The minimum atomic E-state index is -2.86. The van der Waals surface area contributed by atoms with E-state index in [-0.39, 0.29) is 6.07 Å². The number of carbonyl (C=O) groups excluding carboxylic acids is 5. The van der Waals surface area contributed by atoms with E-state index in [1.807, 2.05) is 0 Å². The summed E-state index contributed by atoms with van der Waals surface area (Å²) in [5.74, 6) is -38.1. The van der Waals surface area contributed by atoms with Gasteiger partial charge in [0.2, 0.25) is 46.9 Å². The number of carbonyl (C=O) groups is 5. The molecular formula is C55H32O34. The van der Waals surface area contributed by atoms with Crippen molar-refractivity contribution in [2.24, 2.45) is 0 Å². The number of cyclic esters (lactones) is 1. The van der Waals surface area contributed by atoms with Crippen molar-refractivity contribution < 1.29 is 158 Å². The molecule has 1 unspecified atom stereocenters. The molecule has 5 atom stereocenters. The smallest absolute Gasteiger partial charge is 0.345 e. The summed E-state index contributed by atoms with van der Waals surface area (Å²) in [4.78, 5) is 103. The average molecular weight is 1240 g/mol. The summed E-state index contributed by atoms with van der Waals surface area (Å²) < 4.78 is 45.1. The molecule has 0 radical (unpaired) electrons. The first-order valence-electron chi connectivity index (χ1n) is 24.7. The van der Waals surface area contributed by atoms with E-state index in [1.165, 1.54) is 0 Å². The summed E-state index contributed by atoms with van der Waals surface area (Å²) in [5.41, 5.74) is -19.9. The van der Waals surface area contributed by atoms with Gasteiger partial charge in [0.1, 0.15) is 12.7 Å². The normalized spacial score (nSPS) is 18.2. The molecule has 34 nitrogen and oxygen atoms in total. The lowest BCUT2D eigenvalue weighted by Crippen LogP contribution is -2.63. The molecule has 89 heavy (non-hydrogen) atoms. The minimum absolute atomic E-state index is 0.236. The standard InChI is InChI=1S/C55H32O34/c56-13-1-8(2-14(57)30(13)62)48(75)89-55-47-46(87-51(78)10-4-16(59)31(63)35(67)20(10)21-11(52(79)88-47)5-17(60)32(64)36(21)68)43-19(83-55)7-82-49(76)9-3-15(58)33(65)37(69)22(9)24-28-26-27-29(54(81)86-44(26)41(73)39(24)71)25(40(72)42(74)45(27)85-53(28)80)23-12(50(77)84-43)6-18(61)34(66)38(23)70/h1-6,19,43,46-47,55-74H,7H2/t19-,43-,46-,47+,55?/m1/s1. The molecule has 0 saturated carbocycles. The minimum Gasteiger partial charge on any atom is -0.504 e. The largest absolute Gasteiger partial charge is 0.504 e. The summed E-state index contributed by atoms with van der Waals surface area (Å²) in [6, 6.07) is 2.10. The zero-order valence-corrected chi connectivity index (χ0v) is 43.2. The van der Waals surface area contributed by atoms with Crippen molar-refractivity contribution in [2.45, 2.75) is 30.7 Å². The molecule has 0 aliphatic carbocycles. The number of hydrogen-bond donors (Lipinski definition) is 19. The fourth-order valence-corrected chi connectivity index (χ4v) is 10.7. The van der Waals surface area contributed by atoms with Crippen molar-refractivity contribution in [1.29, 1.82) is 0 Å². The quantitative estimate of drug-likeness (QED) is 0.0389. The van der Waals surface area contributed by atoms with Crippen LogP contribution >= 0.6 is 0 Å². The molecule has 12 rings (SSSR count). The van der Waals surface area contributed by atoms with Crippen LogP contribution in [-0.2, 0) is 28.4 Å². The number of aromatic hydroxyl groups is 19. The highest BCUT2D eigenvalue weighted by molar-refractivity contribution is 6.29. The molecule has 0 amide bonds. The third-order valence-electron chi connectivity index (χ3n) is 14.7. The molecule has 5 heterocycles. The molecule has 9 aromatic rings. The summed E-state index contributed by atoms with van der Waals surface area (Å²) in [5, 5.41) is 206. The molecule has 19 N–H and O–H groups in total. The van der Waals surface area contributed by atoms with Gasteiger partial charge in [-0.25, -0.2) is 33.6 Å². The molecule has 2 aromatic heterocycles. The number of hydrogen-bond acceptors (Lipinski definition) is 34. The van der Waals surface area contributed by atoms with Crippen molar-refractivity contribution in [3.05, 3.63) is 85.1 Å². The summed E-state index contributed by atoms with van der Waals surface area (Å²) in [7, 11) is 0. The summed E-state index contributed by atoms with van der Waals surface area (Å²) >= 11 is 0. The second-order valence-electron chi connectivity index (χ2n) is 19.7. The van der Waals surface area contributed by atoms with Gasteiger partial charge in [-0.05, 0) is 36.4 Å². The number of rotatable bonds is 2.